The predicted octanol–water partition coefficient (Wildman–Crippen LogP) is 6.44. The number of hydrogen-bond donors (Lipinski definition) is 4. The quantitative estimate of drug-likeness (QED) is 0.142. The number of anilines is 1. The van der Waals surface area contributed by atoms with Crippen LogP contribution in [0.15, 0.2) is 71.1 Å². The Morgan fingerprint density at radius 1 is 0.923 bits per heavy atom. The second-order valence-corrected chi connectivity index (χ2v) is 11.0. The zero-order chi connectivity index (χ0) is 28.1. The van der Waals surface area contributed by atoms with Crippen molar-refractivity contribution in [2.75, 3.05) is 5.32 Å². The molecule has 1 unspecified atom stereocenters. The molecule has 4 rings (SSSR count). The van der Waals surface area contributed by atoms with Crippen molar-refractivity contribution in [3.63, 3.8) is 0 Å². The van der Waals surface area contributed by atoms with E-state index in [9.17, 15) is 19.5 Å². The lowest BCUT2D eigenvalue weighted by Gasteiger charge is -2.14. The number of benzene rings is 2. The Morgan fingerprint density at radius 3 is 2.21 bits per heavy atom. The average molecular weight is 581 g/mol. The van der Waals surface area contributed by atoms with Crippen LogP contribution in [0.1, 0.15) is 57.3 Å². The molecule has 0 aliphatic rings. The molecule has 8 nitrogen and oxygen atoms in total. The van der Waals surface area contributed by atoms with Crippen molar-refractivity contribution >= 4 is 63.4 Å². The monoisotopic (exact) mass is 580 g/mol. The lowest BCUT2D eigenvalue weighted by molar-refractivity contribution is -0.114. The number of hydrogen-bond acceptors (Lipinski definition) is 7. The van der Waals surface area contributed by atoms with Gasteiger partial charge in [-0.05, 0) is 61.4 Å². The van der Waals surface area contributed by atoms with Crippen LogP contribution in [-0.2, 0) is 4.79 Å². The second kappa shape index (κ2) is 12.2. The molecular formula is C28H25ClN4O4S2. The molecule has 2 heterocycles. The molecule has 2 aromatic heterocycles. The number of aromatic hydroxyl groups is 1. The molecular weight excluding hydrogens is 556 g/mol. The molecule has 0 spiro atoms. The van der Waals surface area contributed by atoms with E-state index in [-0.39, 0.29) is 23.6 Å². The molecule has 3 amide bonds. The summed E-state index contributed by atoms with van der Waals surface area (Å²) in [7, 11) is 0. The molecule has 11 heteroatoms. The maximum atomic E-state index is 12.8. The third-order valence-electron chi connectivity index (χ3n) is 5.72. The first-order valence-electron chi connectivity index (χ1n) is 11.8. The van der Waals surface area contributed by atoms with Crippen molar-refractivity contribution in [1.29, 1.82) is 0 Å². The molecule has 0 aliphatic heterocycles. The summed E-state index contributed by atoms with van der Waals surface area (Å²) in [6, 6.07) is 17.2. The minimum Gasteiger partial charge on any atom is -0.506 e. The molecule has 0 radical (unpaired) electrons. The summed E-state index contributed by atoms with van der Waals surface area (Å²) in [5, 5.41) is 22.8. The molecule has 1 atom stereocenters. The number of halogens is 1. The topological polar surface area (TPSA) is 120 Å². The Bertz CT molecular complexity index is 1540. The van der Waals surface area contributed by atoms with Crippen LogP contribution >= 0.6 is 34.3 Å². The highest BCUT2D eigenvalue weighted by Crippen LogP contribution is 2.39. The Labute approximate surface area is 238 Å². The summed E-state index contributed by atoms with van der Waals surface area (Å²) >= 11 is 8.36. The summed E-state index contributed by atoms with van der Waals surface area (Å²) in [4.78, 5) is 38.0. The summed E-state index contributed by atoms with van der Waals surface area (Å²) in [6.45, 7) is 4.97. The SMILES string of the molecule is CC(=O)Nc1ccc(C(C)NC(=O)c2ccc(C(=O)N/N=C(\C)c3csc(-c4ccc(Cl)cc4)c3O)s2)cc1. The largest absolute Gasteiger partial charge is 0.506 e. The van der Waals surface area contributed by atoms with E-state index in [1.807, 2.05) is 31.2 Å². The highest BCUT2D eigenvalue weighted by Gasteiger charge is 2.18. The van der Waals surface area contributed by atoms with Gasteiger partial charge in [0.15, 0.2) is 0 Å². The summed E-state index contributed by atoms with van der Waals surface area (Å²) in [5.41, 5.74) is 5.80. The van der Waals surface area contributed by atoms with Gasteiger partial charge in [-0.1, -0.05) is 35.9 Å². The van der Waals surface area contributed by atoms with Crippen LogP contribution in [0, 0.1) is 0 Å². The van der Waals surface area contributed by atoms with Gasteiger partial charge in [-0.25, -0.2) is 5.43 Å². The van der Waals surface area contributed by atoms with E-state index in [2.05, 4.69) is 21.2 Å². The summed E-state index contributed by atoms with van der Waals surface area (Å²) in [6.07, 6.45) is 0. The van der Waals surface area contributed by atoms with Gasteiger partial charge in [0.2, 0.25) is 5.91 Å². The van der Waals surface area contributed by atoms with Crippen LogP contribution < -0.4 is 16.1 Å². The number of thiophene rings is 2. The van der Waals surface area contributed by atoms with Gasteiger partial charge < -0.3 is 15.7 Å². The average Bonchev–Trinajstić information content (AvgIpc) is 3.55. The fraction of sp³-hybridized carbons (Fsp3) is 0.143. The number of rotatable bonds is 8. The third kappa shape index (κ3) is 6.91. The Hall–Kier alpha value is -3.99. The fourth-order valence-electron chi connectivity index (χ4n) is 3.66. The lowest BCUT2D eigenvalue weighted by atomic mass is 10.1. The van der Waals surface area contributed by atoms with Crippen LogP contribution in [0.25, 0.3) is 10.4 Å². The van der Waals surface area contributed by atoms with Crippen LogP contribution in [0.2, 0.25) is 5.02 Å². The number of carbonyl (C=O) groups is 3. The van der Waals surface area contributed by atoms with Crippen molar-refractivity contribution in [3.8, 4) is 16.2 Å². The number of carbonyl (C=O) groups excluding carboxylic acids is 3. The molecule has 0 bridgehead atoms. The molecule has 200 valence electrons. The highest BCUT2D eigenvalue weighted by atomic mass is 35.5. The van der Waals surface area contributed by atoms with Gasteiger partial charge in [-0.3, -0.25) is 14.4 Å². The summed E-state index contributed by atoms with van der Waals surface area (Å²) in [5.74, 6) is -0.857. The number of nitrogens with one attached hydrogen (secondary N) is 3. The zero-order valence-corrected chi connectivity index (χ0v) is 23.6. The molecule has 0 saturated carbocycles. The molecule has 0 saturated heterocycles. The fourth-order valence-corrected chi connectivity index (χ4v) is 5.59. The van der Waals surface area contributed by atoms with Crippen molar-refractivity contribution in [3.05, 3.63) is 91.9 Å². The van der Waals surface area contributed by atoms with Crippen LogP contribution in [0.3, 0.4) is 0 Å². The molecule has 2 aromatic carbocycles. The Morgan fingerprint density at radius 2 is 1.56 bits per heavy atom. The molecule has 0 aliphatic carbocycles. The van der Waals surface area contributed by atoms with Gasteiger partial charge in [-0.2, -0.15) is 5.10 Å². The van der Waals surface area contributed by atoms with E-state index in [1.54, 1.807) is 48.7 Å². The van der Waals surface area contributed by atoms with Gasteiger partial charge in [0, 0.05) is 23.0 Å². The molecule has 4 aromatic rings. The van der Waals surface area contributed by atoms with Gasteiger partial charge in [0.1, 0.15) is 5.75 Å². The van der Waals surface area contributed by atoms with Crippen molar-refractivity contribution in [1.82, 2.24) is 10.7 Å². The first-order chi connectivity index (χ1) is 18.6. The van der Waals surface area contributed by atoms with Crippen LogP contribution in [-0.4, -0.2) is 28.5 Å². The molecule has 0 fully saturated rings. The maximum Gasteiger partial charge on any atom is 0.281 e. The van der Waals surface area contributed by atoms with Gasteiger partial charge in [0.25, 0.3) is 11.8 Å². The normalized spacial score (nSPS) is 12.1. The van der Waals surface area contributed by atoms with Crippen molar-refractivity contribution in [2.24, 2.45) is 5.10 Å². The van der Waals surface area contributed by atoms with Gasteiger partial charge in [-0.15, -0.1) is 22.7 Å². The smallest absolute Gasteiger partial charge is 0.281 e. The number of amides is 3. The van der Waals surface area contributed by atoms with E-state index >= 15 is 0 Å². The Balaban J connectivity index is 1.37. The van der Waals surface area contributed by atoms with Crippen molar-refractivity contribution < 1.29 is 19.5 Å². The molecule has 39 heavy (non-hydrogen) atoms. The minimum absolute atomic E-state index is 0.0757. The van der Waals surface area contributed by atoms with Gasteiger partial charge in [0.05, 0.1) is 31.9 Å². The number of nitrogens with zero attached hydrogens (tertiary/aromatic N) is 1. The Kier molecular flexibility index (Phi) is 8.80. The third-order valence-corrected chi connectivity index (χ3v) is 8.07. The van der Waals surface area contributed by atoms with E-state index in [0.29, 0.717) is 36.6 Å². The van der Waals surface area contributed by atoms with Crippen LogP contribution in [0.5, 0.6) is 5.75 Å². The van der Waals surface area contributed by atoms with Crippen LogP contribution in [0.4, 0.5) is 5.69 Å². The second-order valence-electron chi connectivity index (χ2n) is 8.63. The lowest BCUT2D eigenvalue weighted by Crippen LogP contribution is -2.25. The van der Waals surface area contributed by atoms with Gasteiger partial charge >= 0.3 is 0 Å². The minimum atomic E-state index is -0.465. The number of hydrazone groups is 1. The van der Waals surface area contributed by atoms with E-state index in [0.717, 1.165) is 22.5 Å². The van der Waals surface area contributed by atoms with E-state index < -0.39 is 5.91 Å². The van der Waals surface area contributed by atoms with Crippen molar-refractivity contribution in [2.45, 2.75) is 26.8 Å². The standard InChI is InChI=1S/C28H25ClN4O4S2/c1-15(18-6-10-21(11-7-18)31-17(3)34)30-27(36)23-12-13-24(39-23)28(37)33-32-16(2)22-14-38-26(25(22)35)19-4-8-20(29)9-5-19/h4-15,35H,1-3H3,(H,30,36)(H,31,34)(H,33,37)/b32-16+. The molecule has 4 N–H and O–H groups in total. The highest BCUT2D eigenvalue weighted by molar-refractivity contribution is 7.16. The first kappa shape index (κ1) is 28.0. The van der Waals surface area contributed by atoms with E-state index in [4.69, 9.17) is 11.6 Å². The maximum absolute atomic E-state index is 12.8. The zero-order valence-electron chi connectivity index (χ0n) is 21.2. The predicted molar refractivity (Wildman–Crippen MR) is 157 cm³/mol. The summed E-state index contributed by atoms with van der Waals surface area (Å²) < 4.78 is 0. The van der Waals surface area contributed by atoms with E-state index in [1.165, 1.54) is 18.3 Å². The first-order valence-corrected chi connectivity index (χ1v) is 13.9.